The fourth-order valence-corrected chi connectivity index (χ4v) is 16.3. The number of halogens is 3. The summed E-state index contributed by atoms with van der Waals surface area (Å²) in [7, 11) is 6.25. The van der Waals surface area contributed by atoms with Crippen LogP contribution >= 0.6 is 0 Å². The van der Waals surface area contributed by atoms with Crippen LogP contribution in [0.1, 0.15) is 191 Å². The molecule has 29 heteroatoms. The number of aryl methyl sites for hydroxylation is 2. The first-order valence-electron chi connectivity index (χ1n) is 37.6. The molecule has 2 aromatic carbocycles. The maximum Gasteiger partial charge on any atom is 0.430 e. The van der Waals surface area contributed by atoms with Gasteiger partial charge in [0.2, 0.25) is 41.4 Å². The zero-order chi connectivity index (χ0) is 76.9. The molecule has 0 radical (unpaired) electrons. The molecule has 3 aromatic rings. The van der Waals surface area contributed by atoms with Crippen LogP contribution in [-0.4, -0.2) is 191 Å². The number of rotatable bonds is 35. The first-order chi connectivity index (χ1) is 49.6. The number of aromatic nitrogens is 3. The number of amides is 7. The van der Waals surface area contributed by atoms with Gasteiger partial charge in [-0.2, -0.15) is 13.2 Å². The number of quaternary nitrogens is 1. The van der Waals surface area contributed by atoms with Crippen molar-refractivity contribution in [2.24, 2.45) is 34.3 Å². The molecule has 5 aliphatic rings. The molecular formula is C76H117F3N12O14. The minimum Gasteiger partial charge on any atom is -0.542 e. The molecule has 7 amide bonds. The maximum absolute atomic E-state index is 14.8. The molecular weight excluding hydrogens is 1360 g/mol. The number of carbonyl (C=O) groups excluding carboxylic acids is 8. The predicted molar refractivity (Wildman–Crippen MR) is 386 cm³/mol. The number of benzene rings is 2. The second-order valence-corrected chi connectivity index (χ2v) is 31.4. The molecule has 2 saturated carbocycles. The lowest BCUT2D eigenvalue weighted by Gasteiger charge is -2.56. The van der Waals surface area contributed by atoms with E-state index in [0.717, 1.165) is 124 Å². The van der Waals surface area contributed by atoms with E-state index in [4.69, 9.17) is 45.1 Å². The van der Waals surface area contributed by atoms with Crippen molar-refractivity contribution < 1.29 is 84.8 Å². The number of fused-ring (bicyclic) bond motifs is 7. The van der Waals surface area contributed by atoms with Gasteiger partial charge in [-0.05, 0) is 172 Å². The van der Waals surface area contributed by atoms with Crippen molar-refractivity contribution in [3.63, 3.8) is 0 Å². The molecule has 1 aromatic heterocycles. The molecule has 10 atom stereocenters. The number of nitrogens with zero attached hydrogens (tertiary/aromatic N) is 4. The summed E-state index contributed by atoms with van der Waals surface area (Å²) < 4.78 is 62.9. The Balaban J connectivity index is 0.00000209. The van der Waals surface area contributed by atoms with Gasteiger partial charge < -0.3 is 76.1 Å². The van der Waals surface area contributed by atoms with Gasteiger partial charge in [-0.25, -0.2) is 4.68 Å². The smallest absolute Gasteiger partial charge is 0.430 e. The van der Waals surface area contributed by atoms with E-state index in [0.29, 0.717) is 110 Å². The van der Waals surface area contributed by atoms with Crippen LogP contribution in [0.15, 0.2) is 36.4 Å². The van der Waals surface area contributed by atoms with Crippen LogP contribution in [0.4, 0.5) is 24.5 Å². The lowest BCUT2D eigenvalue weighted by Crippen LogP contribution is -2.60. The molecule has 2 fully saturated rings. The SMILES string of the molecule is CC(C)[C@H](NC(=O)[C@H](N)CCCCNC(=O)COC1CCCCCc2c1nnn2CCOCCOCCOCCOCCC(=O)NCC[N+](C)(C)C)C(=O)N[C@@H](C)C(=O)Nc1ccc2c(c1)[C@@]1(C)CCC[C@](C)(C(=O)NC(=O)[C@@]3(C)CCC[C@]4(C)c5cc(N)ccc5CC[C@@H]34)[C@@H]1CC2.O=C([O-])C(F)(F)F. The summed E-state index contributed by atoms with van der Waals surface area (Å²) in [5.74, 6) is -5.42. The Morgan fingerprint density at radius 2 is 1.23 bits per heavy atom. The molecule has 1 unspecified atom stereocenters. The third-order valence-corrected chi connectivity index (χ3v) is 22.2. The summed E-state index contributed by atoms with van der Waals surface area (Å²) in [6.07, 6.45) is 8.83. The number of alkyl halides is 3. The van der Waals surface area contributed by atoms with Crippen molar-refractivity contribution in [2.45, 2.75) is 218 Å². The van der Waals surface area contributed by atoms with Crippen LogP contribution in [0, 0.1) is 28.6 Å². The molecule has 1 heterocycles. The topological polar surface area (TPSA) is 361 Å². The fraction of sp³-hybridized carbons (Fsp3) is 0.711. The van der Waals surface area contributed by atoms with E-state index in [9.17, 15) is 46.7 Å². The highest BCUT2D eigenvalue weighted by Gasteiger charge is 2.59. The average Bonchev–Trinajstić information content (AvgIpc) is 1.03. The minimum absolute atomic E-state index is 0.0156. The Bertz CT molecular complexity index is 3440. The van der Waals surface area contributed by atoms with E-state index in [-0.39, 0.29) is 59.5 Å². The number of likely N-dealkylation sites (N-methyl/N-ethyl adjacent to an activating group) is 1. The van der Waals surface area contributed by atoms with Crippen molar-refractivity contribution in [1.29, 1.82) is 0 Å². The van der Waals surface area contributed by atoms with Crippen molar-refractivity contribution in [1.82, 2.24) is 41.6 Å². The number of unbranched alkanes of at least 4 members (excludes halogenated alkanes) is 1. The third kappa shape index (κ3) is 23.4. The van der Waals surface area contributed by atoms with Gasteiger partial charge in [0.1, 0.15) is 36.5 Å². The summed E-state index contributed by atoms with van der Waals surface area (Å²) in [4.78, 5) is 104. The van der Waals surface area contributed by atoms with Crippen molar-refractivity contribution >= 4 is 58.7 Å². The van der Waals surface area contributed by atoms with Crippen LogP contribution in [0.3, 0.4) is 0 Å². The summed E-state index contributed by atoms with van der Waals surface area (Å²) in [5.41, 5.74) is 18.4. The van der Waals surface area contributed by atoms with Gasteiger partial charge in [0, 0.05) is 24.3 Å². The standard InChI is InChI=1S/C74H116N12O12.C2HF3O2/c1-49(2)64(81-67(90)57(76)18-14-15-34-77-63(88)48-98-59-20-13-11-12-19-58-65(59)83-84-85(58)36-39-95-41-43-97-45-44-96-42-40-94-38-29-62(87)78-35-37-86(8,9)10)68(91)79-50(3)66(89)80-54-26-22-52-24-28-61-72(5,56(52)47-54)31-17-33-74(61,7)70(93)82-69(92)73(6)32-16-30-71(4)55-46-53(75)25-21-51(55)23-27-60(71)73;3-2(4,5)1(6)7/h21-22,25-26,46-47,49-50,57,59-61,64H,11-20,23-24,27-45,48,75-76H2,1-10H3,(H5-,77,78,79,80,81,82,87,88,89,90,91,92,93);(H,6,7)/t50-,57+,59?,60+,61+,64-,71+,72+,73-,74-;/m0./s1. The van der Waals surface area contributed by atoms with Gasteiger partial charge in [-0.3, -0.25) is 38.9 Å². The second-order valence-electron chi connectivity index (χ2n) is 31.4. The van der Waals surface area contributed by atoms with E-state index < -0.39 is 64.2 Å². The molecule has 0 bridgehead atoms. The molecule has 0 saturated heterocycles. The van der Waals surface area contributed by atoms with Gasteiger partial charge >= 0.3 is 6.18 Å². The quantitative estimate of drug-likeness (QED) is 0.0148. The molecule has 10 N–H and O–H groups in total. The second kappa shape index (κ2) is 38.6. The van der Waals surface area contributed by atoms with Gasteiger partial charge in [0.25, 0.3) is 0 Å². The summed E-state index contributed by atoms with van der Waals surface area (Å²) in [5, 5.41) is 35.2. The van der Waals surface area contributed by atoms with Crippen molar-refractivity contribution in [3.8, 4) is 0 Å². The van der Waals surface area contributed by atoms with Gasteiger partial charge in [-0.1, -0.05) is 84.6 Å². The third-order valence-electron chi connectivity index (χ3n) is 22.2. The summed E-state index contributed by atoms with van der Waals surface area (Å²) in [6, 6.07) is 9.31. The van der Waals surface area contributed by atoms with E-state index in [2.05, 4.69) is 96.3 Å². The molecule has 0 spiro atoms. The molecule has 105 heavy (non-hydrogen) atoms. The van der Waals surface area contributed by atoms with Crippen molar-refractivity contribution in [2.75, 3.05) is 111 Å². The van der Waals surface area contributed by atoms with E-state index in [1.54, 1.807) is 6.92 Å². The Hall–Kier alpha value is -7.15. The number of carboxylic acids is 1. The normalized spacial score (nSPS) is 23.6. The highest BCUT2D eigenvalue weighted by atomic mass is 19.4. The number of nitrogens with two attached hydrogens (primary N) is 2. The summed E-state index contributed by atoms with van der Waals surface area (Å²) >= 11 is 0. The largest absolute Gasteiger partial charge is 0.542 e. The molecule has 8 rings (SSSR count). The first kappa shape index (κ1) is 85.1. The van der Waals surface area contributed by atoms with Crippen LogP contribution < -0.4 is 48.5 Å². The predicted octanol–water partition coefficient (Wildman–Crippen LogP) is 5.87. The maximum atomic E-state index is 14.8. The Kier molecular flexibility index (Phi) is 31.3. The Morgan fingerprint density at radius 1 is 0.667 bits per heavy atom. The van der Waals surface area contributed by atoms with E-state index in [1.807, 2.05) is 49.7 Å². The number of hydrogen-bond donors (Lipinski definition) is 8. The fourth-order valence-electron chi connectivity index (χ4n) is 16.3. The van der Waals surface area contributed by atoms with Crippen LogP contribution in [0.2, 0.25) is 0 Å². The average molecular weight is 1480 g/mol. The van der Waals surface area contributed by atoms with Gasteiger partial charge in [0.15, 0.2) is 0 Å². The molecule has 5 aliphatic carbocycles. The molecule has 586 valence electrons. The van der Waals surface area contributed by atoms with Crippen LogP contribution in [-0.2, 0) is 98.7 Å². The zero-order valence-corrected chi connectivity index (χ0v) is 63.4. The van der Waals surface area contributed by atoms with Gasteiger partial charge in [-0.15, -0.1) is 5.10 Å². The number of nitrogen functional groups attached to an aromatic ring is 1. The molecule has 0 aliphatic heterocycles. The number of imide groups is 1. The number of aliphatic carboxylic acids is 1. The highest BCUT2D eigenvalue weighted by molar-refractivity contribution is 6.01. The van der Waals surface area contributed by atoms with E-state index in [1.165, 1.54) is 16.7 Å². The lowest BCUT2D eigenvalue weighted by atomic mass is 9.49. The molecule has 26 nitrogen and oxygen atoms in total. The Labute approximate surface area is 616 Å². The number of carbonyl (C=O) groups is 8. The first-order valence-corrected chi connectivity index (χ1v) is 37.6. The number of carboxylic acid groups (broad SMARTS) is 1. The van der Waals surface area contributed by atoms with Crippen LogP contribution in [0.25, 0.3) is 0 Å². The number of hydrogen-bond acceptors (Lipinski definition) is 18. The number of ether oxygens (including phenoxy) is 5. The lowest BCUT2D eigenvalue weighted by molar-refractivity contribution is -0.869. The Morgan fingerprint density at radius 3 is 1.81 bits per heavy atom. The van der Waals surface area contributed by atoms with Crippen LogP contribution in [0.5, 0.6) is 0 Å². The monoisotopic (exact) mass is 1480 g/mol. The highest BCUT2D eigenvalue weighted by Crippen LogP contribution is 2.60. The van der Waals surface area contributed by atoms with E-state index >= 15 is 0 Å². The number of nitrogens with one attached hydrogen (secondary N) is 6. The summed E-state index contributed by atoms with van der Waals surface area (Å²) in [6.45, 7) is 19.4. The zero-order valence-electron chi connectivity index (χ0n) is 63.4. The minimum atomic E-state index is -5.19. The number of anilines is 2. The van der Waals surface area contributed by atoms with Gasteiger partial charge in [0.05, 0.1) is 116 Å². The van der Waals surface area contributed by atoms with Crippen molar-refractivity contribution in [3.05, 3.63) is 70.0 Å².